The van der Waals surface area contributed by atoms with E-state index >= 15 is 0 Å². The summed E-state index contributed by atoms with van der Waals surface area (Å²) in [4.78, 5) is 14.0. The van der Waals surface area contributed by atoms with Crippen molar-refractivity contribution in [2.45, 2.75) is 51.7 Å². The molecule has 2 rings (SSSR count). The Morgan fingerprint density at radius 1 is 1.35 bits per heavy atom. The van der Waals surface area contributed by atoms with Gasteiger partial charge >= 0.3 is 6.09 Å². The summed E-state index contributed by atoms with van der Waals surface area (Å²) in [6, 6.07) is 6.11. The molecule has 1 aliphatic heterocycles. The monoisotopic (exact) mass is 402 g/mol. The van der Waals surface area contributed by atoms with Gasteiger partial charge in [-0.05, 0) is 68.1 Å². The Labute approximate surface area is 151 Å². The zero-order valence-electron chi connectivity index (χ0n) is 13.9. The van der Waals surface area contributed by atoms with Crippen LogP contribution >= 0.6 is 27.5 Å². The lowest BCUT2D eigenvalue weighted by Gasteiger charge is -2.26. The first-order valence-electron chi connectivity index (χ1n) is 7.95. The number of nitrogens with one attached hydrogen (secondary N) is 1. The zero-order chi connectivity index (χ0) is 17.0. The standard InChI is InChI=1S/C17H24BrClN2O2/c1-17(2,3)23-16(22)21-10-5-6-12(9-11-21)20-14-8-4-7-13(19)15(14)18/h4,7-8,12,20H,5-6,9-11H2,1-3H3. The van der Waals surface area contributed by atoms with Gasteiger partial charge in [0.2, 0.25) is 0 Å². The lowest BCUT2D eigenvalue weighted by atomic mass is 10.1. The first-order chi connectivity index (χ1) is 10.8. The minimum Gasteiger partial charge on any atom is -0.444 e. The fraction of sp³-hybridized carbons (Fsp3) is 0.588. The molecule has 0 saturated carbocycles. The number of benzene rings is 1. The summed E-state index contributed by atoms with van der Waals surface area (Å²) < 4.78 is 6.35. The van der Waals surface area contributed by atoms with Gasteiger partial charge in [-0.3, -0.25) is 0 Å². The van der Waals surface area contributed by atoms with Gasteiger partial charge < -0.3 is 15.0 Å². The third-order valence-electron chi connectivity index (χ3n) is 3.69. The van der Waals surface area contributed by atoms with Gasteiger partial charge in [-0.1, -0.05) is 17.7 Å². The molecule has 1 aromatic rings. The number of ether oxygens (including phenoxy) is 1. The summed E-state index contributed by atoms with van der Waals surface area (Å²) in [6.07, 6.45) is 2.63. The van der Waals surface area contributed by atoms with Crippen LogP contribution in [0.3, 0.4) is 0 Å². The molecule has 1 aromatic carbocycles. The Morgan fingerprint density at radius 3 is 2.78 bits per heavy atom. The van der Waals surface area contributed by atoms with E-state index in [0.29, 0.717) is 17.6 Å². The molecule has 1 saturated heterocycles. The molecule has 6 heteroatoms. The van der Waals surface area contributed by atoms with E-state index in [1.165, 1.54) is 0 Å². The average Bonchev–Trinajstić information content (AvgIpc) is 2.68. The Hall–Kier alpha value is -0.940. The van der Waals surface area contributed by atoms with Crippen molar-refractivity contribution in [2.24, 2.45) is 0 Å². The molecule has 128 valence electrons. The molecule has 23 heavy (non-hydrogen) atoms. The third-order valence-corrected chi connectivity index (χ3v) is 5.09. The van der Waals surface area contributed by atoms with Crippen molar-refractivity contribution < 1.29 is 9.53 Å². The number of halogens is 2. The van der Waals surface area contributed by atoms with Crippen LogP contribution in [0.2, 0.25) is 5.02 Å². The summed E-state index contributed by atoms with van der Waals surface area (Å²) in [5.74, 6) is 0. The highest BCUT2D eigenvalue weighted by Crippen LogP contribution is 2.31. The highest BCUT2D eigenvalue weighted by atomic mass is 79.9. The Bertz CT molecular complexity index is 560. The lowest BCUT2D eigenvalue weighted by Crippen LogP contribution is -2.37. The summed E-state index contributed by atoms with van der Waals surface area (Å²) >= 11 is 9.65. The summed E-state index contributed by atoms with van der Waals surface area (Å²) in [5, 5.41) is 4.22. The van der Waals surface area contributed by atoms with Gasteiger partial charge in [0.1, 0.15) is 5.60 Å². The second-order valence-electron chi connectivity index (χ2n) is 6.84. The first-order valence-corrected chi connectivity index (χ1v) is 9.12. The van der Waals surface area contributed by atoms with Crippen LogP contribution in [0.1, 0.15) is 40.0 Å². The maximum absolute atomic E-state index is 12.2. The lowest BCUT2D eigenvalue weighted by molar-refractivity contribution is 0.0256. The maximum atomic E-state index is 12.2. The van der Waals surface area contributed by atoms with Crippen molar-refractivity contribution in [3.8, 4) is 0 Å². The van der Waals surface area contributed by atoms with Crippen molar-refractivity contribution in [1.82, 2.24) is 4.90 Å². The van der Waals surface area contributed by atoms with Gasteiger partial charge in [0.05, 0.1) is 15.2 Å². The molecule has 0 aliphatic carbocycles. The molecule has 0 aromatic heterocycles. The molecule has 1 atom stereocenters. The van der Waals surface area contributed by atoms with Crippen LogP contribution < -0.4 is 5.32 Å². The summed E-state index contributed by atoms with van der Waals surface area (Å²) in [6.45, 7) is 7.12. The van der Waals surface area contributed by atoms with Crippen molar-refractivity contribution in [3.63, 3.8) is 0 Å². The van der Waals surface area contributed by atoms with Crippen LogP contribution in [0.5, 0.6) is 0 Å². The first kappa shape index (κ1) is 18.4. The number of nitrogens with zero attached hydrogens (tertiary/aromatic N) is 1. The number of rotatable bonds is 2. The normalized spacial score (nSPS) is 19.2. The number of carbonyl (C=O) groups is 1. The minimum absolute atomic E-state index is 0.220. The molecule has 1 heterocycles. The van der Waals surface area contributed by atoms with Crippen LogP contribution in [0.15, 0.2) is 22.7 Å². The van der Waals surface area contributed by atoms with E-state index in [1.807, 2.05) is 39.0 Å². The molecule has 0 spiro atoms. The van der Waals surface area contributed by atoms with Crippen LogP contribution in [-0.4, -0.2) is 35.7 Å². The van der Waals surface area contributed by atoms with E-state index in [-0.39, 0.29) is 6.09 Å². The number of amides is 1. The van der Waals surface area contributed by atoms with E-state index in [0.717, 1.165) is 36.0 Å². The number of hydrogen-bond donors (Lipinski definition) is 1. The van der Waals surface area contributed by atoms with Crippen LogP contribution in [0.25, 0.3) is 0 Å². The van der Waals surface area contributed by atoms with E-state index in [2.05, 4.69) is 21.2 Å². The number of carbonyl (C=O) groups excluding carboxylic acids is 1. The number of anilines is 1. The molecule has 1 N–H and O–H groups in total. The molecule has 1 amide bonds. The molecule has 1 aliphatic rings. The molecular weight excluding hydrogens is 380 g/mol. The smallest absolute Gasteiger partial charge is 0.410 e. The highest BCUT2D eigenvalue weighted by molar-refractivity contribution is 9.10. The molecule has 0 radical (unpaired) electrons. The minimum atomic E-state index is -0.452. The van der Waals surface area contributed by atoms with Gasteiger partial charge in [-0.15, -0.1) is 0 Å². The summed E-state index contributed by atoms with van der Waals surface area (Å²) in [5.41, 5.74) is 0.542. The topological polar surface area (TPSA) is 41.6 Å². The van der Waals surface area contributed by atoms with E-state index in [9.17, 15) is 4.79 Å². The molecule has 4 nitrogen and oxygen atoms in total. The van der Waals surface area contributed by atoms with E-state index in [1.54, 1.807) is 4.90 Å². The third kappa shape index (κ3) is 5.57. The van der Waals surface area contributed by atoms with Crippen LogP contribution in [0.4, 0.5) is 10.5 Å². The van der Waals surface area contributed by atoms with Crippen molar-refractivity contribution >= 4 is 39.3 Å². The largest absolute Gasteiger partial charge is 0.444 e. The van der Waals surface area contributed by atoms with E-state index < -0.39 is 5.60 Å². The van der Waals surface area contributed by atoms with Crippen molar-refractivity contribution in [1.29, 1.82) is 0 Å². The molecular formula is C17H24BrClN2O2. The zero-order valence-corrected chi connectivity index (χ0v) is 16.2. The predicted octanol–water partition coefficient (Wildman–Crippen LogP) is 5.30. The summed E-state index contributed by atoms with van der Waals surface area (Å²) in [7, 11) is 0. The number of hydrogen-bond acceptors (Lipinski definition) is 3. The predicted molar refractivity (Wildman–Crippen MR) is 98.2 cm³/mol. The number of likely N-dealkylation sites (tertiary alicyclic amines) is 1. The Kier molecular flexibility index (Phi) is 6.20. The molecule has 0 bridgehead atoms. The van der Waals surface area contributed by atoms with Gasteiger partial charge in [0, 0.05) is 19.1 Å². The SMILES string of the molecule is CC(C)(C)OC(=O)N1CCCC(Nc2cccc(Cl)c2Br)CC1. The fourth-order valence-corrected chi connectivity index (χ4v) is 3.14. The average molecular weight is 404 g/mol. The Balaban J connectivity index is 1.93. The van der Waals surface area contributed by atoms with Gasteiger partial charge in [0.25, 0.3) is 0 Å². The van der Waals surface area contributed by atoms with Crippen LogP contribution in [-0.2, 0) is 4.74 Å². The maximum Gasteiger partial charge on any atom is 0.410 e. The van der Waals surface area contributed by atoms with E-state index in [4.69, 9.17) is 16.3 Å². The quantitative estimate of drug-likeness (QED) is 0.728. The molecule has 1 unspecified atom stereocenters. The van der Waals surface area contributed by atoms with Gasteiger partial charge in [0.15, 0.2) is 0 Å². The van der Waals surface area contributed by atoms with Crippen molar-refractivity contribution in [3.05, 3.63) is 27.7 Å². The second kappa shape index (κ2) is 7.75. The second-order valence-corrected chi connectivity index (χ2v) is 8.04. The van der Waals surface area contributed by atoms with Gasteiger partial charge in [-0.25, -0.2) is 4.79 Å². The molecule has 1 fully saturated rings. The fourth-order valence-electron chi connectivity index (χ4n) is 2.58. The van der Waals surface area contributed by atoms with Crippen LogP contribution in [0, 0.1) is 0 Å². The Morgan fingerprint density at radius 2 is 2.09 bits per heavy atom. The van der Waals surface area contributed by atoms with Gasteiger partial charge in [-0.2, -0.15) is 0 Å². The highest BCUT2D eigenvalue weighted by Gasteiger charge is 2.25. The van der Waals surface area contributed by atoms with Crippen molar-refractivity contribution in [2.75, 3.05) is 18.4 Å².